The molecule has 110 valence electrons. The second-order valence-electron chi connectivity index (χ2n) is 4.75. The molecule has 7 nitrogen and oxygen atoms in total. The molecule has 2 atom stereocenters. The number of nitrogens with zero attached hydrogens (tertiary/aromatic N) is 3. The third-order valence-electron chi connectivity index (χ3n) is 3.06. The topological polar surface area (TPSA) is 103 Å². The van der Waals surface area contributed by atoms with Crippen LogP contribution in [0, 0.1) is 17.0 Å². The molecule has 0 saturated heterocycles. The maximum absolute atomic E-state index is 10.9. The third kappa shape index (κ3) is 3.32. The maximum Gasteiger partial charge on any atom is 0.314 e. The van der Waals surface area contributed by atoms with E-state index in [1.165, 1.54) is 25.3 Å². The highest BCUT2D eigenvalue weighted by Gasteiger charge is 2.38. The molecule has 0 amide bonds. The van der Waals surface area contributed by atoms with Crippen molar-refractivity contribution < 1.29 is 9.66 Å². The van der Waals surface area contributed by atoms with Gasteiger partial charge in [0.25, 0.3) is 0 Å². The molecular weight excluding hydrogens is 272 g/mol. The van der Waals surface area contributed by atoms with Crippen LogP contribution < -0.4 is 5.73 Å². The van der Waals surface area contributed by atoms with Gasteiger partial charge in [0.05, 0.1) is 23.8 Å². The van der Waals surface area contributed by atoms with Crippen molar-refractivity contribution in [2.24, 2.45) is 16.0 Å². The van der Waals surface area contributed by atoms with E-state index in [9.17, 15) is 10.1 Å². The van der Waals surface area contributed by atoms with Crippen LogP contribution in [-0.4, -0.2) is 23.7 Å². The molecule has 1 aromatic carbocycles. The lowest BCUT2D eigenvalue weighted by Crippen LogP contribution is -2.46. The van der Waals surface area contributed by atoms with Crippen molar-refractivity contribution >= 4 is 5.69 Å². The molecule has 7 heteroatoms. The van der Waals surface area contributed by atoms with Crippen molar-refractivity contribution in [1.82, 2.24) is 0 Å². The van der Waals surface area contributed by atoms with Gasteiger partial charge in [-0.3, -0.25) is 15.8 Å². The first kappa shape index (κ1) is 14.9. The quantitative estimate of drug-likeness (QED) is 0.302. The molecule has 0 radical (unpaired) electrons. The molecule has 21 heavy (non-hydrogen) atoms. The number of aryl methyl sites for hydroxylation is 1. The van der Waals surface area contributed by atoms with E-state index < -0.39 is 16.6 Å². The minimum absolute atomic E-state index is 0.299. The highest BCUT2D eigenvalue weighted by molar-refractivity contribution is 5.39. The van der Waals surface area contributed by atoms with E-state index in [1.54, 1.807) is 0 Å². The van der Waals surface area contributed by atoms with Crippen LogP contribution in [0.15, 0.2) is 58.5 Å². The maximum atomic E-state index is 10.9. The van der Waals surface area contributed by atoms with Gasteiger partial charge in [-0.15, -0.1) is 0 Å². The number of nitro groups is 1. The van der Waals surface area contributed by atoms with Gasteiger partial charge in [-0.2, -0.15) is 10.2 Å². The minimum atomic E-state index is -1.76. The first-order valence-electron chi connectivity index (χ1n) is 6.31. The van der Waals surface area contributed by atoms with Gasteiger partial charge in [0.2, 0.25) is 0 Å². The molecule has 2 unspecified atom stereocenters. The molecule has 0 aliphatic heterocycles. The van der Waals surface area contributed by atoms with Gasteiger partial charge in [-0.25, -0.2) is 0 Å². The van der Waals surface area contributed by atoms with Crippen molar-refractivity contribution in [3.8, 4) is 0 Å². The van der Waals surface area contributed by atoms with Crippen LogP contribution in [0.1, 0.15) is 5.56 Å². The Morgan fingerprint density at radius 2 is 2.24 bits per heavy atom. The lowest BCUT2D eigenvalue weighted by atomic mass is 10.0. The molecule has 2 N–H and O–H groups in total. The summed E-state index contributed by atoms with van der Waals surface area (Å²) < 4.78 is 5.13. The van der Waals surface area contributed by atoms with E-state index in [2.05, 4.69) is 10.2 Å². The highest BCUT2D eigenvalue weighted by Crippen LogP contribution is 2.24. The molecule has 0 fully saturated rings. The number of benzene rings is 1. The molecule has 0 heterocycles. The summed E-state index contributed by atoms with van der Waals surface area (Å²) in [6.45, 7) is 1.96. The fourth-order valence-corrected chi connectivity index (χ4v) is 1.91. The number of hydrogen-bond donors (Lipinski definition) is 1. The number of rotatable bonds is 4. The number of hydrogen-bond acceptors (Lipinski definition) is 6. The number of azo groups is 1. The molecule has 0 spiro atoms. The summed E-state index contributed by atoms with van der Waals surface area (Å²) in [5, 5.41) is 19.2. The van der Waals surface area contributed by atoms with Gasteiger partial charge in [0.1, 0.15) is 11.8 Å². The summed E-state index contributed by atoms with van der Waals surface area (Å²) in [6.07, 6.45) is 4.04. The molecule has 2 rings (SSSR count). The zero-order valence-corrected chi connectivity index (χ0v) is 11.8. The summed E-state index contributed by atoms with van der Waals surface area (Å²) in [7, 11) is 1.42. The Hall–Kier alpha value is -2.54. The predicted octanol–water partition coefficient (Wildman–Crippen LogP) is 2.48. The first-order chi connectivity index (χ1) is 9.94. The van der Waals surface area contributed by atoms with Gasteiger partial charge in [0, 0.05) is 6.08 Å². The number of methoxy groups -OCH3 is 1. The highest BCUT2D eigenvalue weighted by atomic mass is 16.6. The van der Waals surface area contributed by atoms with Crippen LogP contribution in [0.5, 0.6) is 0 Å². The zero-order chi connectivity index (χ0) is 15.5. The van der Waals surface area contributed by atoms with E-state index >= 15 is 0 Å². The van der Waals surface area contributed by atoms with Crippen LogP contribution in [0.25, 0.3) is 0 Å². The summed E-state index contributed by atoms with van der Waals surface area (Å²) >= 11 is 0. The van der Waals surface area contributed by atoms with E-state index in [1.807, 2.05) is 31.2 Å². The van der Waals surface area contributed by atoms with Crippen LogP contribution >= 0.6 is 0 Å². The van der Waals surface area contributed by atoms with Gasteiger partial charge in [-0.05, 0) is 30.7 Å². The zero-order valence-electron chi connectivity index (χ0n) is 11.8. The van der Waals surface area contributed by atoms with Crippen molar-refractivity contribution in [3.63, 3.8) is 0 Å². The smallest absolute Gasteiger partial charge is 0.314 e. The van der Waals surface area contributed by atoms with E-state index in [0.717, 1.165) is 5.56 Å². The monoisotopic (exact) mass is 288 g/mol. The first-order valence-corrected chi connectivity index (χ1v) is 6.31. The fourth-order valence-electron chi connectivity index (χ4n) is 1.91. The Balaban J connectivity index is 2.22. The summed E-state index contributed by atoms with van der Waals surface area (Å²) in [4.78, 5) is 10.3. The van der Waals surface area contributed by atoms with Gasteiger partial charge in [0.15, 0.2) is 0 Å². The number of ether oxygens (including phenoxy) is 1. The lowest BCUT2D eigenvalue weighted by molar-refractivity contribution is -0.540. The predicted molar refractivity (Wildman–Crippen MR) is 77.6 cm³/mol. The Bertz CT molecular complexity index is 639. The van der Waals surface area contributed by atoms with E-state index in [0.29, 0.717) is 11.4 Å². The van der Waals surface area contributed by atoms with E-state index in [4.69, 9.17) is 10.5 Å². The second-order valence-corrected chi connectivity index (χ2v) is 4.75. The van der Waals surface area contributed by atoms with Crippen molar-refractivity contribution in [2.75, 3.05) is 7.11 Å². The Kier molecular flexibility index (Phi) is 4.13. The van der Waals surface area contributed by atoms with Crippen molar-refractivity contribution in [1.29, 1.82) is 0 Å². The molecular formula is C14H16N4O3. The van der Waals surface area contributed by atoms with Crippen LogP contribution in [-0.2, 0) is 4.74 Å². The largest absolute Gasteiger partial charge is 0.498 e. The van der Waals surface area contributed by atoms with Crippen molar-refractivity contribution in [3.05, 3.63) is 63.9 Å². The number of nitrogens with two attached hydrogens (primary N) is 1. The average molecular weight is 288 g/mol. The van der Waals surface area contributed by atoms with Gasteiger partial charge < -0.3 is 4.74 Å². The van der Waals surface area contributed by atoms with Crippen LogP contribution in [0.3, 0.4) is 0 Å². The average Bonchev–Trinajstić information content (AvgIpc) is 2.46. The second kappa shape index (κ2) is 5.84. The Labute approximate surface area is 122 Å². The molecule has 1 aliphatic carbocycles. The Morgan fingerprint density at radius 1 is 1.48 bits per heavy atom. The fraction of sp³-hybridized carbons (Fsp3) is 0.286. The van der Waals surface area contributed by atoms with E-state index in [-0.39, 0.29) is 0 Å². The summed E-state index contributed by atoms with van der Waals surface area (Å²) in [5.41, 5.74) is 5.66. The van der Waals surface area contributed by atoms with Crippen molar-refractivity contribution in [2.45, 2.75) is 18.6 Å². The SMILES string of the molecule is COC1=CC(N)([N+](=O)[O-])C=CC1/N=N/c1cccc(C)c1. The minimum Gasteiger partial charge on any atom is -0.498 e. The normalized spacial score (nSPS) is 24.9. The summed E-state index contributed by atoms with van der Waals surface area (Å²) in [6, 6.07) is 7.03. The lowest BCUT2D eigenvalue weighted by Gasteiger charge is -2.21. The van der Waals surface area contributed by atoms with Crippen LogP contribution in [0.4, 0.5) is 5.69 Å². The molecule has 1 aromatic rings. The molecule has 1 aliphatic rings. The Morgan fingerprint density at radius 3 is 2.86 bits per heavy atom. The third-order valence-corrected chi connectivity index (χ3v) is 3.06. The van der Waals surface area contributed by atoms with Crippen LogP contribution in [0.2, 0.25) is 0 Å². The van der Waals surface area contributed by atoms with Gasteiger partial charge in [-0.1, -0.05) is 12.1 Å². The standard InChI is InChI=1S/C14H16N4O3/c1-10-4-3-5-11(8-10)16-17-12-6-7-14(15,18(19)20)9-13(12)21-2/h3-9,12H,15H2,1-2H3/b17-16+. The van der Waals surface area contributed by atoms with Gasteiger partial charge >= 0.3 is 5.66 Å². The molecule has 0 aromatic heterocycles. The summed E-state index contributed by atoms with van der Waals surface area (Å²) in [5.74, 6) is 0.299. The molecule has 0 saturated carbocycles. The molecule has 0 bridgehead atoms.